The van der Waals surface area contributed by atoms with Crippen molar-refractivity contribution in [3.05, 3.63) is 27.7 Å². The minimum Gasteiger partial charge on any atom is -0.281 e. The number of anilines is 1. The molecule has 1 aromatic rings. The van der Waals surface area contributed by atoms with Gasteiger partial charge in [-0.3, -0.25) is 4.72 Å². The highest BCUT2D eigenvalue weighted by atomic mass is 79.9. The highest BCUT2D eigenvalue weighted by Crippen LogP contribution is 2.29. The Labute approximate surface area is 116 Å². The molecule has 0 heterocycles. The number of nitrogens with zero attached hydrogens (tertiary/aromatic N) is 1. The summed E-state index contributed by atoms with van der Waals surface area (Å²) < 4.78 is 27.2. The van der Waals surface area contributed by atoms with E-state index >= 15 is 0 Å². The summed E-state index contributed by atoms with van der Waals surface area (Å²) in [6.45, 7) is 5.42. The second kappa shape index (κ2) is 5.72. The van der Waals surface area contributed by atoms with Gasteiger partial charge in [-0.1, -0.05) is 13.0 Å². The first-order chi connectivity index (χ1) is 8.31. The predicted octanol–water partition coefficient (Wildman–Crippen LogP) is 3.11. The fourth-order valence-electron chi connectivity index (χ4n) is 1.64. The first-order valence-electron chi connectivity index (χ1n) is 5.49. The zero-order chi connectivity index (χ0) is 13.9. The van der Waals surface area contributed by atoms with E-state index in [0.717, 1.165) is 11.1 Å². The molecule has 0 aliphatic carbocycles. The molecule has 0 saturated carbocycles. The Hall–Kier alpha value is -1.06. The number of aryl methyl sites for hydroxylation is 2. The third-order valence-electron chi connectivity index (χ3n) is 2.57. The predicted molar refractivity (Wildman–Crippen MR) is 75.9 cm³/mol. The first-order valence-corrected chi connectivity index (χ1v) is 7.83. The summed E-state index contributed by atoms with van der Waals surface area (Å²) in [7, 11) is -3.67. The van der Waals surface area contributed by atoms with Crippen LogP contribution in [-0.2, 0) is 10.0 Å². The zero-order valence-electron chi connectivity index (χ0n) is 10.5. The Morgan fingerprint density at radius 1 is 1.44 bits per heavy atom. The molecule has 0 aliphatic heterocycles. The van der Waals surface area contributed by atoms with Crippen LogP contribution >= 0.6 is 15.9 Å². The molecule has 0 spiro atoms. The second-order valence-corrected chi connectivity index (χ2v) is 6.83. The van der Waals surface area contributed by atoms with E-state index in [1.807, 2.05) is 26.0 Å². The van der Waals surface area contributed by atoms with E-state index < -0.39 is 15.3 Å². The van der Waals surface area contributed by atoms with Crippen LogP contribution in [0.5, 0.6) is 0 Å². The zero-order valence-corrected chi connectivity index (χ0v) is 12.9. The van der Waals surface area contributed by atoms with Gasteiger partial charge in [-0.15, -0.1) is 0 Å². The van der Waals surface area contributed by atoms with Gasteiger partial charge in [0, 0.05) is 4.47 Å². The molecule has 1 aromatic carbocycles. The summed E-state index contributed by atoms with van der Waals surface area (Å²) in [5.74, 6) is 0. The van der Waals surface area contributed by atoms with E-state index in [-0.39, 0.29) is 6.42 Å². The van der Waals surface area contributed by atoms with Gasteiger partial charge in [0.2, 0.25) is 10.0 Å². The number of nitrogens with one attached hydrogen (secondary N) is 1. The van der Waals surface area contributed by atoms with Gasteiger partial charge < -0.3 is 0 Å². The van der Waals surface area contributed by atoms with E-state index in [9.17, 15) is 8.42 Å². The number of rotatable bonds is 4. The molecule has 1 rings (SSSR count). The lowest BCUT2D eigenvalue weighted by Gasteiger charge is -2.15. The van der Waals surface area contributed by atoms with Crippen LogP contribution in [0.1, 0.15) is 24.5 Å². The maximum atomic E-state index is 12.0. The third-order valence-corrected chi connectivity index (χ3v) is 4.87. The molecular formula is C12H15BrN2O2S. The van der Waals surface area contributed by atoms with Crippen LogP contribution in [0.15, 0.2) is 16.6 Å². The molecule has 0 aromatic heterocycles. The molecule has 4 nitrogen and oxygen atoms in total. The van der Waals surface area contributed by atoms with Gasteiger partial charge in [0.05, 0.1) is 11.8 Å². The Bertz CT molecular complexity index is 568. The monoisotopic (exact) mass is 330 g/mol. The van der Waals surface area contributed by atoms with E-state index in [1.54, 1.807) is 13.0 Å². The lowest BCUT2D eigenvalue weighted by Crippen LogP contribution is -2.26. The highest BCUT2D eigenvalue weighted by Gasteiger charge is 2.24. The van der Waals surface area contributed by atoms with Crippen molar-refractivity contribution in [3.8, 4) is 6.07 Å². The van der Waals surface area contributed by atoms with Crippen molar-refractivity contribution in [1.29, 1.82) is 5.26 Å². The summed E-state index contributed by atoms with van der Waals surface area (Å²) in [6.07, 6.45) is 0.258. The smallest absolute Gasteiger partial charge is 0.249 e. The molecule has 0 fully saturated rings. The molecule has 0 amide bonds. The normalized spacial score (nSPS) is 12.8. The molecule has 0 saturated heterocycles. The molecule has 1 N–H and O–H groups in total. The minimum absolute atomic E-state index is 0.258. The number of nitriles is 1. The number of sulfonamides is 1. The van der Waals surface area contributed by atoms with E-state index in [1.165, 1.54) is 0 Å². The molecular weight excluding hydrogens is 316 g/mol. The van der Waals surface area contributed by atoms with E-state index in [2.05, 4.69) is 20.7 Å². The van der Waals surface area contributed by atoms with Gasteiger partial charge in [-0.05, 0) is 53.4 Å². The summed E-state index contributed by atoms with van der Waals surface area (Å²) in [6, 6.07) is 5.51. The minimum atomic E-state index is -3.67. The van der Waals surface area contributed by atoms with Crippen molar-refractivity contribution in [2.24, 2.45) is 0 Å². The Morgan fingerprint density at radius 3 is 2.50 bits per heavy atom. The van der Waals surface area contributed by atoms with Gasteiger partial charge in [0.1, 0.15) is 0 Å². The fraction of sp³-hybridized carbons (Fsp3) is 0.417. The Balaban J connectivity index is 3.17. The topological polar surface area (TPSA) is 70.0 Å². The van der Waals surface area contributed by atoms with Gasteiger partial charge in [-0.2, -0.15) is 5.26 Å². The maximum Gasteiger partial charge on any atom is 0.249 e. The van der Waals surface area contributed by atoms with Crippen molar-refractivity contribution >= 4 is 31.6 Å². The van der Waals surface area contributed by atoms with Crippen LogP contribution in [0.4, 0.5) is 5.69 Å². The van der Waals surface area contributed by atoms with Crippen LogP contribution in [-0.4, -0.2) is 13.7 Å². The molecule has 0 aliphatic rings. The fourth-order valence-corrected chi connectivity index (χ4v) is 3.82. The van der Waals surface area contributed by atoms with Crippen LogP contribution in [0.2, 0.25) is 0 Å². The van der Waals surface area contributed by atoms with Crippen molar-refractivity contribution < 1.29 is 8.42 Å². The van der Waals surface area contributed by atoms with Crippen LogP contribution in [0.3, 0.4) is 0 Å². The average molecular weight is 331 g/mol. The maximum absolute atomic E-state index is 12.0. The Kier molecular flexibility index (Phi) is 4.77. The molecule has 0 bridgehead atoms. The van der Waals surface area contributed by atoms with Crippen molar-refractivity contribution in [3.63, 3.8) is 0 Å². The van der Waals surface area contributed by atoms with Crippen molar-refractivity contribution in [1.82, 2.24) is 0 Å². The SMILES string of the molecule is CCC(C#N)S(=O)(=O)Nc1c(C)cc(C)cc1Br. The van der Waals surface area contributed by atoms with Crippen molar-refractivity contribution in [2.45, 2.75) is 32.4 Å². The largest absolute Gasteiger partial charge is 0.281 e. The third kappa shape index (κ3) is 3.24. The summed E-state index contributed by atoms with van der Waals surface area (Å²) in [4.78, 5) is 0. The number of halogens is 1. The highest BCUT2D eigenvalue weighted by molar-refractivity contribution is 9.10. The average Bonchev–Trinajstić information content (AvgIpc) is 2.24. The lowest BCUT2D eigenvalue weighted by molar-refractivity contribution is 0.592. The van der Waals surface area contributed by atoms with E-state index in [0.29, 0.717) is 10.2 Å². The number of hydrogen-bond acceptors (Lipinski definition) is 3. The van der Waals surface area contributed by atoms with Crippen LogP contribution in [0, 0.1) is 25.2 Å². The van der Waals surface area contributed by atoms with Crippen molar-refractivity contribution in [2.75, 3.05) is 4.72 Å². The summed E-state index contributed by atoms with van der Waals surface area (Å²) in [5.41, 5.74) is 2.35. The second-order valence-electron chi connectivity index (χ2n) is 4.11. The number of benzene rings is 1. The summed E-state index contributed by atoms with van der Waals surface area (Å²) >= 11 is 3.33. The standard InChI is InChI=1S/C12H15BrN2O2S/c1-4-10(7-14)18(16,17)15-12-9(3)5-8(2)6-11(12)13/h5-6,10,15H,4H2,1-3H3. The number of hydrogen-bond donors (Lipinski definition) is 1. The first kappa shape index (κ1) is 15.0. The molecule has 18 heavy (non-hydrogen) atoms. The Morgan fingerprint density at radius 2 is 2.06 bits per heavy atom. The summed E-state index contributed by atoms with van der Waals surface area (Å²) in [5, 5.41) is 7.80. The van der Waals surface area contributed by atoms with Gasteiger partial charge >= 0.3 is 0 Å². The molecule has 6 heteroatoms. The van der Waals surface area contributed by atoms with Crippen LogP contribution in [0.25, 0.3) is 0 Å². The quantitative estimate of drug-likeness (QED) is 0.921. The molecule has 1 unspecified atom stereocenters. The van der Waals surface area contributed by atoms with Gasteiger partial charge in [0.25, 0.3) is 0 Å². The molecule has 98 valence electrons. The van der Waals surface area contributed by atoms with E-state index in [4.69, 9.17) is 5.26 Å². The van der Waals surface area contributed by atoms with Gasteiger partial charge in [-0.25, -0.2) is 8.42 Å². The van der Waals surface area contributed by atoms with Gasteiger partial charge in [0.15, 0.2) is 5.25 Å². The molecule has 1 atom stereocenters. The van der Waals surface area contributed by atoms with Crippen LogP contribution < -0.4 is 4.72 Å². The molecule has 0 radical (unpaired) electrons. The lowest BCUT2D eigenvalue weighted by atomic mass is 10.1.